The van der Waals surface area contributed by atoms with Crippen molar-refractivity contribution >= 4 is 23.6 Å². The number of amides is 1. The van der Waals surface area contributed by atoms with E-state index in [0.717, 1.165) is 0 Å². The molecule has 3 N–H and O–H groups in total. The number of rotatable bonds is 7. The Bertz CT molecular complexity index is 1120. The molecule has 0 saturated carbocycles. The van der Waals surface area contributed by atoms with Crippen LogP contribution in [0.3, 0.4) is 0 Å². The van der Waals surface area contributed by atoms with Crippen molar-refractivity contribution in [3.63, 3.8) is 0 Å². The van der Waals surface area contributed by atoms with Gasteiger partial charge in [0.05, 0.1) is 12.8 Å². The van der Waals surface area contributed by atoms with Gasteiger partial charge >= 0.3 is 6.18 Å². The molecule has 34 heavy (non-hydrogen) atoms. The molecule has 0 spiro atoms. The third kappa shape index (κ3) is 5.21. The summed E-state index contributed by atoms with van der Waals surface area (Å²) in [5.41, 5.74) is 6.04. The predicted octanol–water partition coefficient (Wildman–Crippen LogP) is 1.89. The molecule has 1 saturated heterocycles. The van der Waals surface area contributed by atoms with Gasteiger partial charge in [-0.05, 0) is 18.1 Å². The maximum Gasteiger partial charge on any atom is 0.401 e. The first-order valence-electron chi connectivity index (χ1n) is 10.9. The summed E-state index contributed by atoms with van der Waals surface area (Å²) < 4.78 is 44.6. The van der Waals surface area contributed by atoms with Crippen molar-refractivity contribution in [2.45, 2.75) is 32.5 Å². The number of carbonyl (C=O) groups excluding carboxylic acids is 1. The lowest BCUT2D eigenvalue weighted by Crippen LogP contribution is -2.55. The van der Waals surface area contributed by atoms with Crippen LogP contribution < -0.4 is 11.1 Å². The van der Waals surface area contributed by atoms with Crippen LogP contribution in [0.2, 0.25) is 0 Å². The molecule has 0 aromatic carbocycles. The first kappa shape index (κ1) is 23.7. The molecule has 2 atom stereocenters. The largest absolute Gasteiger partial charge is 0.461 e. The van der Waals surface area contributed by atoms with Crippen molar-refractivity contribution in [3.05, 3.63) is 18.4 Å². The number of fused-ring (bicyclic) bond motifs is 1. The summed E-state index contributed by atoms with van der Waals surface area (Å²) in [4.78, 5) is 29.0. The number of furan rings is 1. The van der Waals surface area contributed by atoms with Crippen LogP contribution in [0.25, 0.3) is 17.4 Å². The van der Waals surface area contributed by atoms with E-state index in [0.29, 0.717) is 12.2 Å². The molecule has 1 aliphatic rings. The minimum atomic E-state index is -4.26. The van der Waals surface area contributed by atoms with Crippen molar-refractivity contribution < 1.29 is 22.4 Å². The zero-order valence-electron chi connectivity index (χ0n) is 18.8. The summed E-state index contributed by atoms with van der Waals surface area (Å²) in [6, 6.07) is 2.71. The molecule has 1 unspecified atom stereocenters. The van der Waals surface area contributed by atoms with Crippen LogP contribution in [0.1, 0.15) is 20.3 Å². The highest BCUT2D eigenvalue weighted by molar-refractivity contribution is 5.84. The SMILES string of the molecule is CCC(C)[C@H](Nc1nc(N)n2nc(-c3ccco3)nc2n1)C(=O)N1CCN(CC(F)(F)F)CC1. The Morgan fingerprint density at radius 2 is 1.97 bits per heavy atom. The van der Waals surface area contributed by atoms with Crippen LogP contribution in [0.4, 0.5) is 25.1 Å². The molecule has 4 heterocycles. The number of anilines is 2. The highest BCUT2D eigenvalue weighted by atomic mass is 19.4. The Morgan fingerprint density at radius 3 is 2.59 bits per heavy atom. The lowest BCUT2D eigenvalue weighted by Gasteiger charge is -2.37. The molecular formula is C20H26F3N9O2. The van der Waals surface area contributed by atoms with Gasteiger partial charge in [0, 0.05) is 26.2 Å². The smallest absolute Gasteiger partial charge is 0.401 e. The Hall–Kier alpha value is -3.42. The van der Waals surface area contributed by atoms with Crippen molar-refractivity contribution in [1.29, 1.82) is 0 Å². The number of nitrogens with two attached hydrogens (primary N) is 1. The van der Waals surface area contributed by atoms with Gasteiger partial charge in [-0.3, -0.25) is 9.69 Å². The Morgan fingerprint density at radius 1 is 1.24 bits per heavy atom. The molecular weight excluding hydrogens is 455 g/mol. The average molecular weight is 481 g/mol. The molecule has 11 nitrogen and oxygen atoms in total. The van der Waals surface area contributed by atoms with E-state index in [9.17, 15) is 18.0 Å². The molecule has 3 aromatic heterocycles. The van der Waals surface area contributed by atoms with Gasteiger partial charge in [-0.1, -0.05) is 20.3 Å². The van der Waals surface area contributed by atoms with Crippen LogP contribution >= 0.6 is 0 Å². The number of piperazine rings is 1. The van der Waals surface area contributed by atoms with Gasteiger partial charge in [-0.25, -0.2) is 0 Å². The van der Waals surface area contributed by atoms with Crippen molar-refractivity contribution in [2.75, 3.05) is 43.8 Å². The molecule has 3 aromatic rings. The fourth-order valence-corrected chi connectivity index (χ4v) is 3.78. The Balaban J connectivity index is 1.50. The lowest BCUT2D eigenvalue weighted by molar-refractivity contribution is -0.152. The number of carbonyl (C=O) groups is 1. The molecule has 1 aliphatic heterocycles. The minimum absolute atomic E-state index is 0.0221. The van der Waals surface area contributed by atoms with Crippen LogP contribution in [0.15, 0.2) is 22.8 Å². The van der Waals surface area contributed by atoms with Gasteiger partial charge in [0.1, 0.15) is 6.04 Å². The van der Waals surface area contributed by atoms with E-state index in [4.69, 9.17) is 10.2 Å². The van der Waals surface area contributed by atoms with Crippen LogP contribution in [-0.4, -0.2) is 85.2 Å². The molecule has 0 aliphatic carbocycles. The second-order valence-corrected chi connectivity index (χ2v) is 8.25. The van der Waals surface area contributed by atoms with E-state index in [2.05, 4.69) is 25.4 Å². The van der Waals surface area contributed by atoms with E-state index in [-0.39, 0.29) is 61.5 Å². The van der Waals surface area contributed by atoms with Crippen molar-refractivity contribution in [3.8, 4) is 11.6 Å². The maximum atomic E-state index is 13.3. The quantitative estimate of drug-likeness (QED) is 0.519. The van der Waals surface area contributed by atoms with Crippen molar-refractivity contribution in [2.24, 2.45) is 5.92 Å². The minimum Gasteiger partial charge on any atom is -0.461 e. The second kappa shape index (κ2) is 9.44. The van der Waals surface area contributed by atoms with Crippen LogP contribution in [-0.2, 0) is 4.79 Å². The third-order valence-electron chi connectivity index (χ3n) is 5.83. The summed E-state index contributed by atoms with van der Waals surface area (Å²) in [6.07, 6.45) is -2.08. The lowest BCUT2D eigenvalue weighted by atomic mass is 9.97. The topological polar surface area (TPSA) is 131 Å². The molecule has 14 heteroatoms. The zero-order valence-corrected chi connectivity index (χ0v) is 18.8. The van der Waals surface area contributed by atoms with Gasteiger partial charge < -0.3 is 20.4 Å². The van der Waals surface area contributed by atoms with Gasteiger partial charge in [0.15, 0.2) is 5.76 Å². The maximum absolute atomic E-state index is 13.3. The number of nitrogens with one attached hydrogen (secondary N) is 1. The van der Waals surface area contributed by atoms with E-state index in [1.165, 1.54) is 15.7 Å². The van der Waals surface area contributed by atoms with Crippen LogP contribution in [0, 0.1) is 5.92 Å². The number of hydrogen-bond acceptors (Lipinski definition) is 9. The van der Waals surface area contributed by atoms with Gasteiger partial charge in [-0.2, -0.15) is 32.6 Å². The van der Waals surface area contributed by atoms with E-state index in [1.54, 1.807) is 17.0 Å². The number of halogens is 3. The normalized spacial score (nSPS) is 17.1. The number of hydrogen-bond donors (Lipinski definition) is 2. The van der Waals surface area contributed by atoms with E-state index >= 15 is 0 Å². The molecule has 0 radical (unpaired) electrons. The number of alkyl halides is 3. The zero-order chi connectivity index (χ0) is 24.5. The average Bonchev–Trinajstić information content (AvgIpc) is 3.46. The summed E-state index contributed by atoms with van der Waals surface area (Å²) in [5, 5.41) is 7.30. The third-order valence-corrected chi connectivity index (χ3v) is 5.83. The van der Waals surface area contributed by atoms with Gasteiger partial charge in [0.25, 0.3) is 5.78 Å². The summed E-state index contributed by atoms with van der Waals surface area (Å²) >= 11 is 0. The predicted molar refractivity (Wildman–Crippen MR) is 117 cm³/mol. The number of nitrogens with zero attached hydrogens (tertiary/aromatic N) is 7. The molecule has 184 valence electrons. The van der Waals surface area contributed by atoms with E-state index < -0.39 is 18.8 Å². The fourth-order valence-electron chi connectivity index (χ4n) is 3.78. The molecule has 4 rings (SSSR count). The summed E-state index contributed by atoms with van der Waals surface area (Å²) in [5.74, 6) is 0.717. The first-order chi connectivity index (χ1) is 16.1. The van der Waals surface area contributed by atoms with Gasteiger partial charge in [0.2, 0.25) is 23.6 Å². The number of aromatic nitrogens is 5. The molecule has 1 amide bonds. The highest BCUT2D eigenvalue weighted by Gasteiger charge is 2.35. The standard InChI is InChI=1S/C20H26F3N9O2/c1-3-12(2)14(16(33)31-8-6-30(7-9-31)11-20(21,22)23)25-18-27-17(24)32-19(28-18)26-15(29-32)13-5-4-10-34-13/h4-5,10,12,14H,3,6-9,11H2,1-2H3,(H3,24,25,26,27,28,29)/t12?,14-/m0/s1. The highest BCUT2D eigenvalue weighted by Crippen LogP contribution is 2.21. The van der Waals surface area contributed by atoms with Gasteiger partial charge in [-0.15, -0.1) is 5.10 Å². The van der Waals surface area contributed by atoms with Crippen LogP contribution in [0.5, 0.6) is 0 Å². The fraction of sp³-hybridized carbons (Fsp3) is 0.550. The Labute approximate surface area is 193 Å². The monoisotopic (exact) mass is 481 g/mol. The molecule has 0 bridgehead atoms. The Kier molecular flexibility index (Phi) is 6.59. The summed E-state index contributed by atoms with van der Waals surface area (Å²) in [6.45, 7) is 3.61. The van der Waals surface area contributed by atoms with E-state index in [1.807, 2.05) is 13.8 Å². The number of nitrogen functional groups attached to an aromatic ring is 1. The first-order valence-corrected chi connectivity index (χ1v) is 10.9. The molecule has 1 fully saturated rings. The van der Waals surface area contributed by atoms with Crippen molar-refractivity contribution in [1.82, 2.24) is 34.4 Å². The second-order valence-electron chi connectivity index (χ2n) is 8.25. The summed E-state index contributed by atoms with van der Waals surface area (Å²) in [7, 11) is 0.